The van der Waals surface area contributed by atoms with E-state index in [1.807, 2.05) is 0 Å². The lowest BCUT2D eigenvalue weighted by atomic mass is 10.1. The van der Waals surface area contributed by atoms with Crippen LogP contribution in [0.1, 0.15) is 35.5 Å². The Kier molecular flexibility index (Phi) is 4.24. The molecule has 7 nitrogen and oxygen atoms in total. The molecule has 0 bridgehead atoms. The van der Waals surface area contributed by atoms with E-state index in [9.17, 15) is 18.4 Å². The first kappa shape index (κ1) is 16.0. The molecule has 126 valence electrons. The lowest BCUT2D eigenvalue weighted by molar-refractivity contribution is -0.141. The number of rotatable bonds is 4. The number of carbonyl (C=O) groups excluding carboxylic acids is 1. The van der Waals surface area contributed by atoms with Crippen LogP contribution >= 0.6 is 0 Å². The van der Waals surface area contributed by atoms with Crippen molar-refractivity contribution in [1.29, 1.82) is 0 Å². The van der Waals surface area contributed by atoms with E-state index in [1.54, 1.807) is 0 Å². The number of hydrogen-bond acceptors (Lipinski definition) is 5. The number of aromatic nitrogens is 2. The summed E-state index contributed by atoms with van der Waals surface area (Å²) in [6.45, 7) is 0.389. The summed E-state index contributed by atoms with van der Waals surface area (Å²) in [7, 11) is 0. The number of hydrogen-bond donors (Lipinski definition) is 1. The molecule has 1 amide bonds. The zero-order chi connectivity index (χ0) is 17.3. The first-order valence-electron chi connectivity index (χ1n) is 7.23. The molecule has 2 heterocycles. The highest BCUT2D eigenvalue weighted by atomic mass is 19.3. The summed E-state index contributed by atoms with van der Waals surface area (Å²) < 4.78 is 29.3. The van der Waals surface area contributed by atoms with Crippen LogP contribution in [-0.2, 0) is 4.79 Å². The molecule has 24 heavy (non-hydrogen) atoms. The van der Waals surface area contributed by atoms with Gasteiger partial charge in [0.1, 0.15) is 6.04 Å². The van der Waals surface area contributed by atoms with Crippen molar-refractivity contribution in [2.45, 2.75) is 25.3 Å². The molecule has 0 spiro atoms. The Morgan fingerprint density at radius 3 is 2.58 bits per heavy atom. The number of benzene rings is 1. The number of halogens is 2. The second-order valence-electron chi connectivity index (χ2n) is 5.33. The number of carboxylic acids is 1. The van der Waals surface area contributed by atoms with Gasteiger partial charge in [-0.15, -0.1) is 0 Å². The Morgan fingerprint density at radius 2 is 2.00 bits per heavy atom. The first-order valence-corrected chi connectivity index (χ1v) is 7.23. The summed E-state index contributed by atoms with van der Waals surface area (Å²) in [5.74, 6) is -2.18. The van der Waals surface area contributed by atoms with Crippen molar-refractivity contribution in [2.24, 2.45) is 0 Å². The Bertz CT molecular complexity index is 760. The Balaban J connectivity index is 1.78. The molecule has 1 N–H and O–H groups in total. The van der Waals surface area contributed by atoms with Crippen LogP contribution in [0.3, 0.4) is 0 Å². The highest BCUT2D eigenvalue weighted by molar-refractivity contribution is 5.97. The van der Waals surface area contributed by atoms with Gasteiger partial charge in [0.2, 0.25) is 5.82 Å². The molecule has 0 aliphatic carbocycles. The van der Waals surface area contributed by atoms with Crippen LogP contribution < -0.4 is 0 Å². The van der Waals surface area contributed by atoms with Crippen LogP contribution in [0.2, 0.25) is 0 Å². The smallest absolute Gasteiger partial charge is 0.326 e. The summed E-state index contributed by atoms with van der Waals surface area (Å²) >= 11 is 0. The van der Waals surface area contributed by atoms with Crippen LogP contribution in [0.5, 0.6) is 0 Å². The summed E-state index contributed by atoms with van der Waals surface area (Å²) in [5.41, 5.74) is 0.725. The third-order valence-electron chi connectivity index (χ3n) is 3.82. The molecule has 9 heteroatoms. The van der Waals surface area contributed by atoms with Gasteiger partial charge in [0, 0.05) is 17.7 Å². The van der Waals surface area contributed by atoms with Crippen LogP contribution in [0, 0.1) is 0 Å². The predicted octanol–water partition coefficient (Wildman–Crippen LogP) is 2.36. The fourth-order valence-corrected chi connectivity index (χ4v) is 2.64. The number of likely N-dealkylation sites (tertiary alicyclic amines) is 1. The average Bonchev–Trinajstić information content (AvgIpc) is 3.23. The second-order valence-corrected chi connectivity index (χ2v) is 5.33. The van der Waals surface area contributed by atoms with Crippen molar-refractivity contribution in [3.05, 3.63) is 35.7 Å². The van der Waals surface area contributed by atoms with Gasteiger partial charge in [-0.1, -0.05) is 17.3 Å². The third kappa shape index (κ3) is 2.97. The first-order chi connectivity index (χ1) is 11.5. The number of carboxylic acid groups (broad SMARTS) is 1. The molecule has 1 aromatic carbocycles. The second kappa shape index (κ2) is 6.34. The van der Waals surface area contributed by atoms with Crippen LogP contribution in [0.4, 0.5) is 8.78 Å². The summed E-state index contributed by atoms with van der Waals surface area (Å²) in [6, 6.07) is 5.14. The van der Waals surface area contributed by atoms with Crippen molar-refractivity contribution in [3.8, 4) is 11.4 Å². The number of amides is 1. The molecule has 1 unspecified atom stereocenters. The SMILES string of the molecule is O=C(O)C1CCCN1C(=O)c1ccc(-c2noc(C(F)F)n2)cc1. The molecule has 1 aliphatic heterocycles. The van der Waals surface area contributed by atoms with E-state index in [2.05, 4.69) is 14.7 Å². The van der Waals surface area contributed by atoms with Gasteiger partial charge < -0.3 is 14.5 Å². The molecule has 1 atom stereocenters. The van der Waals surface area contributed by atoms with Gasteiger partial charge in [0.15, 0.2) is 0 Å². The van der Waals surface area contributed by atoms with Gasteiger partial charge >= 0.3 is 12.4 Å². The number of alkyl halides is 2. The van der Waals surface area contributed by atoms with Crippen molar-refractivity contribution < 1.29 is 28.0 Å². The summed E-state index contributed by atoms with van der Waals surface area (Å²) in [5, 5.41) is 12.6. The molecule has 0 radical (unpaired) electrons. The minimum Gasteiger partial charge on any atom is -0.480 e. The van der Waals surface area contributed by atoms with Crippen molar-refractivity contribution in [3.63, 3.8) is 0 Å². The Hall–Kier alpha value is -2.84. The molecule has 3 rings (SSSR count). The van der Waals surface area contributed by atoms with E-state index in [0.717, 1.165) is 0 Å². The van der Waals surface area contributed by atoms with E-state index in [-0.39, 0.29) is 11.7 Å². The quantitative estimate of drug-likeness (QED) is 0.920. The molecule has 0 saturated carbocycles. The minimum atomic E-state index is -2.85. The number of carbonyl (C=O) groups is 2. The van der Waals surface area contributed by atoms with Gasteiger partial charge in [-0.3, -0.25) is 4.79 Å². The highest BCUT2D eigenvalue weighted by Crippen LogP contribution is 2.24. The molecular formula is C15H13F2N3O4. The van der Waals surface area contributed by atoms with Gasteiger partial charge in [0.05, 0.1) is 0 Å². The molecule has 1 saturated heterocycles. The lowest BCUT2D eigenvalue weighted by Crippen LogP contribution is -2.40. The molecule has 1 aromatic heterocycles. The fraction of sp³-hybridized carbons (Fsp3) is 0.333. The lowest BCUT2D eigenvalue weighted by Gasteiger charge is -2.21. The topological polar surface area (TPSA) is 96.5 Å². The van der Waals surface area contributed by atoms with E-state index >= 15 is 0 Å². The predicted molar refractivity (Wildman–Crippen MR) is 76.4 cm³/mol. The maximum absolute atomic E-state index is 12.4. The van der Waals surface area contributed by atoms with Gasteiger partial charge in [-0.2, -0.15) is 13.8 Å². The van der Waals surface area contributed by atoms with Crippen LogP contribution in [0.15, 0.2) is 28.8 Å². The number of nitrogens with zero attached hydrogens (tertiary/aromatic N) is 3. The van der Waals surface area contributed by atoms with Gasteiger partial charge in [-0.25, -0.2) is 4.79 Å². The van der Waals surface area contributed by atoms with Gasteiger partial charge in [-0.05, 0) is 25.0 Å². The van der Waals surface area contributed by atoms with E-state index in [0.29, 0.717) is 30.5 Å². The van der Waals surface area contributed by atoms with Gasteiger partial charge in [0.25, 0.3) is 11.8 Å². The van der Waals surface area contributed by atoms with Crippen molar-refractivity contribution in [2.75, 3.05) is 6.54 Å². The monoisotopic (exact) mass is 337 g/mol. The number of aliphatic carboxylic acids is 1. The largest absolute Gasteiger partial charge is 0.480 e. The maximum atomic E-state index is 12.4. The van der Waals surface area contributed by atoms with Crippen molar-refractivity contribution >= 4 is 11.9 Å². The molecule has 1 aliphatic rings. The standard InChI is InChI=1S/C15H13F2N3O4/c16-11(17)13-18-12(19-24-13)8-3-5-9(6-4-8)14(21)20-7-1-2-10(20)15(22)23/h3-6,10-11H,1-2,7H2,(H,22,23). The fourth-order valence-electron chi connectivity index (χ4n) is 2.64. The van der Waals surface area contributed by atoms with Crippen molar-refractivity contribution in [1.82, 2.24) is 15.0 Å². The third-order valence-corrected chi connectivity index (χ3v) is 3.82. The zero-order valence-corrected chi connectivity index (χ0v) is 12.4. The molecule has 2 aromatic rings. The van der Waals surface area contributed by atoms with Crippen LogP contribution in [0.25, 0.3) is 11.4 Å². The van der Waals surface area contributed by atoms with E-state index in [1.165, 1.54) is 29.2 Å². The zero-order valence-electron chi connectivity index (χ0n) is 12.4. The maximum Gasteiger partial charge on any atom is 0.326 e. The summed E-state index contributed by atoms with van der Waals surface area (Å²) in [6.07, 6.45) is -1.78. The average molecular weight is 337 g/mol. The normalized spacial score (nSPS) is 17.5. The molecule has 1 fully saturated rings. The Morgan fingerprint density at radius 1 is 1.29 bits per heavy atom. The summed E-state index contributed by atoms with van der Waals surface area (Å²) in [4.78, 5) is 28.5. The van der Waals surface area contributed by atoms with E-state index in [4.69, 9.17) is 5.11 Å². The van der Waals surface area contributed by atoms with E-state index < -0.39 is 24.3 Å². The molecular weight excluding hydrogens is 324 g/mol. The Labute approximate surface area is 134 Å². The minimum absolute atomic E-state index is 0.00566. The highest BCUT2D eigenvalue weighted by Gasteiger charge is 2.34. The van der Waals surface area contributed by atoms with Crippen LogP contribution in [-0.4, -0.2) is 44.6 Å².